The zero-order valence-corrected chi connectivity index (χ0v) is 14.0. The van der Waals surface area contributed by atoms with Gasteiger partial charge in [-0.25, -0.2) is 0 Å². The van der Waals surface area contributed by atoms with E-state index in [-0.39, 0.29) is 18.6 Å². The van der Waals surface area contributed by atoms with Crippen LogP contribution >= 0.6 is 0 Å². The number of carbonyl (C=O) groups is 1. The minimum absolute atomic E-state index is 0.0509. The number of nitrogens with zero attached hydrogens (tertiary/aromatic N) is 1. The summed E-state index contributed by atoms with van der Waals surface area (Å²) in [6.07, 6.45) is -0.629. The first kappa shape index (κ1) is 16.6. The molecule has 0 aliphatic carbocycles. The molecule has 0 saturated carbocycles. The second kappa shape index (κ2) is 6.13. The first-order chi connectivity index (χ1) is 10.3. The van der Waals surface area contributed by atoms with Crippen molar-refractivity contribution in [2.24, 2.45) is 5.92 Å². The summed E-state index contributed by atoms with van der Waals surface area (Å²) in [5.41, 5.74) is 0.701. The molecular formula is C18H25NO3. The molecule has 4 heteroatoms. The van der Waals surface area contributed by atoms with Crippen LogP contribution in [0.2, 0.25) is 0 Å². The summed E-state index contributed by atoms with van der Waals surface area (Å²) in [5, 5.41) is 10.5. The number of ether oxygens (including phenoxy) is 1. The predicted octanol–water partition coefficient (Wildman–Crippen LogP) is 3.03. The average Bonchev–Trinajstić information content (AvgIpc) is 2.47. The summed E-state index contributed by atoms with van der Waals surface area (Å²) >= 11 is 0. The van der Waals surface area contributed by atoms with Crippen LogP contribution in [0.25, 0.3) is 5.57 Å². The SMILES string of the molecule is CC1=C(c2ccccc2)C(=O)N(C(C)(C)C(O)C(C)C)CO1. The molecule has 4 nitrogen and oxygen atoms in total. The molecule has 0 aromatic heterocycles. The Morgan fingerprint density at radius 2 is 1.82 bits per heavy atom. The van der Waals surface area contributed by atoms with Gasteiger partial charge in [0.25, 0.3) is 5.91 Å². The van der Waals surface area contributed by atoms with Gasteiger partial charge < -0.3 is 9.84 Å². The third-order valence-electron chi connectivity index (χ3n) is 4.33. The van der Waals surface area contributed by atoms with Gasteiger partial charge in [-0.05, 0) is 32.3 Å². The number of rotatable bonds is 4. The van der Waals surface area contributed by atoms with Crippen molar-refractivity contribution >= 4 is 11.5 Å². The molecule has 1 unspecified atom stereocenters. The number of benzene rings is 1. The van der Waals surface area contributed by atoms with E-state index in [9.17, 15) is 9.90 Å². The Balaban J connectivity index is 2.38. The molecule has 1 atom stereocenters. The van der Waals surface area contributed by atoms with E-state index in [1.807, 2.05) is 65.0 Å². The molecule has 1 heterocycles. The molecule has 22 heavy (non-hydrogen) atoms. The highest BCUT2D eigenvalue weighted by atomic mass is 16.5. The van der Waals surface area contributed by atoms with Crippen molar-refractivity contribution < 1.29 is 14.6 Å². The quantitative estimate of drug-likeness (QED) is 0.930. The van der Waals surface area contributed by atoms with Crippen molar-refractivity contribution in [3.63, 3.8) is 0 Å². The van der Waals surface area contributed by atoms with Crippen LogP contribution in [0.15, 0.2) is 36.1 Å². The lowest BCUT2D eigenvalue weighted by Gasteiger charge is -2.45. The Hall–Kier alpha value is -1.81. The molecule has 1 aliphatic rings. The van der Waals surface area contributed by atoms with Crippen molar-refractivity contribution in [3.05, 3.63) is 41.7 Å². The summed E-state index contributed by atoms with van der Waals surface area (Å²) in [6.45, 7) is 9.62. The van der Waals surface area contributed by atoms with Crippen LogP contribution in [0.3, 0.4) is 0 Å². The van der Waals surface area contributed by atoms with Gasteiger partial charge in [0.05, 0.1) is 17.2 Å². The molecule has 1 aromatic rings. The summed E-state index contributed by atoms with van der Waals surface area (Å²) in [6, 6.07) is 9.51. The van der Waals surface area contributed by atoms with Crippen molar-refractivity contribution in [1.29, 1.82) is 0 Å². The Kier molecular flexibility index (Phi) is 4.61. The fraction of sp³-hybridized carbons (Fsp3) is 0.500. The minimum atomic E-state index is -0.702. The number of amides is 1. The third kappa shape index (κ3) is 2.88. The topological polar surface area (TPSA) is 49.8 Å². The maximum Gasteiger partial charge on any atom is 0.261 e. The van der Waals surface area contributed by atoms with E-state index in [0.717, 1.165) is 5.56 Å². The van der Waals surface area contributed by atoms with Gasteiger partial charge in [-0.1, -0.05) is 44.2 Å². The number of allylic oxidation sites excluding steroid dienone is 1. The predicted molar refractivity (Wildman–Crippen MR) is 86.8 cm³/mol. The molecule has 2 rings (SSSR count). The molecule has 0 spiro atoms. The zero-order chi connectivity index (χ0) is 16.5. The first-order valence-electron chi connectivity index (χ1n) is 7.66. The highest BCUT2D eigenvalue weighted by Gasteiger charge is 2.42. The summed E-state index contributed by atoms with van der Waals surface area (Å²) in [4.78, 5) is 14.6. The van der Waals surface area contributed by atoms with Gasteiger partial charge in [0.1, 0.15) is 5.76 Å². The molecule has 1 N–H and O–H groups in total. The molecular weight excluding hydrogens is 278 g/mol. The molecule has 0 fully saturated rings. The highest BCUT2D eigenvalue weighted by molar-refractivity contribution is 6.20. The monoisotopic (exact) mass is 303 g/mol. The van der Waals surface area contributed by atoms with Crippen LogP contribution in [0.4, 0.5) is 0 Å². The van der Waals surface area contributed by atoms with Crippen LogP contribution in [0.5, 0.6) is 0 Å². The van der Waals surface area contributed by atoms with Crippen molar-refractivity contribution in [2.45, 2.75) is 46.3 Å². The average molecular weight is 303 g/mol. The number of hydrogen-bond donors (Lipinski definition) is 1. The lowest BCUT2D eigenvalue weighted by atomic mass is 9.86. The summed E-state index contributed by atoms with van der Waals surface area (Å²) in [5.74, 6) is 0.580. The van der Waals surface area contributed by atoms with E-state index in [4.69, 9.17) is 4.74 Å². The number of aliphatic hydroxyl groups excluding tert-OH is 1. The van der Waals surface area contributed by atoms with Crippen LogP contribution < -0.4 is 0 Å². The van der Waals surface area contributed by atoms with Gasteiger partial charge in [0.2, 0.25) is 0 Å². The first-order valence-corrected chi connectivity index (χ1v) is 7.66. The Labute approximate surface area is 132 Å². The number of hydrogen-bond acceptors (Lipinski definition) is 3. The normalized spacial score (nSPS) is 17.8. The maximum absolute atomic E-state index is 13.0. The maximum atomic E-state index is 13.0. The van der Waals surface area contributed by atoms with Gasteiger partial charge in [0.15, 0.2) is 6.73 Å². The number of aliphatic hydroxyl groups is 1. The van der Waals surface area contributed by atoms with Gasteiger partial charge in [0, 0.05) is 0 Å². The second-order valence-electron chi connectivity index (χ2n) is 6.65. The number of carbonyl (C=O) groups excluding carboxylic acids is 1. The molecule has 0 saturated heterocycles. The highest BCUT2D eigenvalue weighted by Crippen LogP contribution is 2.33. The van der Waals surface area contributed by atoms with Crippen molar-refractivity contribution in [2.75, 3.05) is 6.73 Å². The molecule has 1 aliphatic heterocycles. The molecule has 1 aromatic carbocycles. The lowest BCUT2D eigenvalue weighted by molar-refractivity contribution is -0.148. The fourth-order valence-electron chi connectivity index (χ4n) is 2.91. The standard InChI is InChI=1S/C18H25NO3/c1-12(2)16(20)18(4,5)19-11-22-13(3)15(17(19)21)14-9-7-6-8-10-14/h6-10,12,16,20H,11H2,1-5H3. The van der Waals surface area contributed by atoms with E-state index in [1.54, 1.807) is 4.90 Å². The van der Waals surface area contributed by atoms with Crippen LogP contribution in [0.1, 0.15) is 40.2 Å². The molecule has 120 valence electrons. The van der Waals surface area contributed by atoms with E-state index in [0.29, 0.717) is 11.3 Å². The third-order valence-corrected chi connectivity index (χ3v) is 4.33. The zero-order valence-electron chi connectivity index (χ0n) is 14.0. The lowest BCUT2D eigenvalue weighted by Crippen LogP contribution is -2.58. The van der Waals surface area contributed by atoms with E-state index >= 15 is 0 Å². The Morgan fingerprint density at radius 3 is 2.36 bits per heavy atom. The van der Waals surface area contributed by atoms with E-state index in [1.165, 1.54) is 0 Å². The molecule has 0 bridgehead atoms. The summed E-state index contributed by atoms with van der Waals surface area (Å²) in [7, 11) is 0. The van der Waals surface area contributed by atoms with Gasteiger partial charge in [-0.15, -0.1) is 0 Å². The van der Waals surface area contributed by atoms with Gasteiger partial charge in [-0.3, -0.25) is 9.69 Å². The smallest absolute Gasteiger partial charge is 0.261 e. The van der Waals surface area contributed by atoms with Gasteiger partial charge in [-0.2, -0.15) is 0 Å². The largest absolute Gasteiger partial charge is 0.477 e. The van der Waals surface area contributed by atoms with Crippen molar-refractivity contribution in [1.82, 2.24) is 4.90 Å². The second-order valence-corrected chi connectivity index (χ2v) is 6.65. The van der Waals surface area contributed by atoms with E-state index in [2.05, 4.69) is 0 Å². The van der Waals surface area contributed by atoms with Gasteiger partial charge >= 0.3 is 0 Å². The Morgan fingerprint density at radius 1 is 1.23 bits per heavy atom. The van der Waals surface area contributed by atoms with E-state index < -0.39 is 11.6 Å². The van der Waals surface area contributed by atoms with Crippen LogP contribution in [-0.2, 0) is 9.53 Å². The summed E-state index contributed by atoms with van der Waals surface area (Å²) < 4.78 is 5.72. The molecule has 1 amide bonds. The fourth-order valence-corrected chi connectivity index (χ4v) is 2.91. The van der Waals surface area contributed by atoms with Crippen LogP contribution in [0, 0.1) is 5.92 Å². The van der Waals surface area contributed by atoms with Crippen molar-refractivity contribution in [3.8, 4) is 0 Å². The minimum Gasteiger partial charge on any atom is -0.477 e. The molecule has 0 radical (unpaired) electrons. The Bertz CT molecular complexity index is 575. The van der Waals surface area contributed by atoms with Crippen LogP contribution in [-0.4, -0.2) is 34.3 Å².